The predicted octanol–water partition coefficient (Wildman–Crippen LogP) is -6.03. The van der Waals surface area contributed by atoms with E-state index in [-0.39, 0.29) is 6.61 Å². The summed E-state index contributed by atoms with van der Waals surface area (Å²) < 4.78 is 68.6. The van der Waals surface area contributed by atoms with Crippen molar-refractivity contribution in [3.05, 3.63) is 0 Å². The highest BCUT2D eigenvalue weighted by Crippen LogP contribution is 2.37. The first-order chi connectivity index (χ1) is 31.0. The van der Waals surface area contributed by atoms with Gasteiger partial charge in [0.1, 0.15) is 79.3 Å². The van der Waals surface area contributed by atoms with Crippen molar-refractivity contribution in [3.8, 4) is 0 Å². The van der Waals surface area contributed by atoms with E-state index in [2.05, 4.69) is 5.32 Å². The van der Waals surface area contributed by atoms with Gasteiger partial charge in [-0.05, 0) is 27.2 Å². The molecule has 0 aliphatic carbocycles. The smallest absolute Gasteiger partial charge is 0.335 e. The summed E-state index contributed by atoms with van der Waals surface area (Å²) >= 11 is 0. The van der Waals surface area contributed by atoms with E-state index in [0.717, 1.165) is 20.8 Å². The third kappa shape index (κ3) is 12.1. The van der Waals surface area contributed by atoms with Crippen LogP contribution in [0.25, 0.3) is 0 Å². The Bertz CT molecular complexity index is 1630. The molecule has 1 amide bonds. The molecule has 27 nitrogen and oxygen atoms in total. The zero-order valence-electron chi connectivity index (χ0n) is 37.1. The molecular formula is C39H63NO26. The van der Waals surface area contributed by atoms with Crippen molar-refractivity contribution in [2.45, 2.75) is 208 Å². The van der Waals surface area contributed by atoms with Crippen molar-refractivity contribution < 1.29 is 127 Å². The summed E-state index contributed by atoms with van der Waals surface area (Å²) in [5, 5.41) is 112. The van der Waals surface area contributed by atoms with Crippen molar-refractivity contribution in [2.75, 3.05) is 13.2 Å². The fourth-order valence-electron chi connectivity index (χ4n) is 8.21. The Labute approximate surface area is 377 Å². The number of hydrogen-bond donors (Lipinski definition) is 11. The number of aliphatic hydroxyl groups excluding tert-OH is 9. The summed E-state index contributed by atoms with van der Waals surface area (Å²) in [6.45, 7) is 8.31. The highest BCUT2D eigenvalue weighted by atomic mass is 16.8. The van der Waals surface area contributed by atoms with Crippen LogP contribution < -0.4 is 5.32 Å². The second-order valence-electron chi connectivity index (χ2n) is 16.7. The van der Waals surface area contributed by atoms with E-state index in [4.69, 9.17) is 56.8 Å². The van der Waals surface area contributed by atoms with Gasteiger partial charge in [-0.3, -0.25) is 14.4 Å². The quantitative estimate of drug-likeness (QED) is 0.0642. The molecule has 25 atom stereocenters. The van der Waals surface area contributed by atoms with Gasteiger partial charge >= 0.3 is 17.9 Å². The van der Waals surface area contributed by atoms with Gasteiger partial charge in [-0.2, -0.15) is 0 Å². The van der Waals surface area contributed by atoms with Gasteiger partial charge in [0.05, 0.1) is 24.9 Å². The Kier molecular flexibility index (Phi) is 19.0. The van der Waals surface area contributed by atoms with Gasteiger partial charge in [-0.15, -0.1) is 0 Å². The molecule has 27 heteroatoms. The molecule has 11 N–H and O–H groups in total. The van der Waals surface area contributed by atoms with Crippen molar-refractivity contribution >= 4 is 23.8 Å². The van der Waals surface area contributed by atoms with Gasteiger partial charge in [0, 0.05) is 27.4 Å². The first-order valence-corrected chi connectivity index (χ1v) is 21.4. The lowest BCUT2D eigenvalue weighted by molar-refractivity contribution is -0.389. The summed E-state index contributed by atoms with van der Waals surface area (Å²) in [5.74, 6) is -4.24. The number of rotatable bonds is 16. The van der Waals surface area contributed by atoms with Gasteiger partial charge in [0.25, 0.3) is 0 Å². The summed E-state index contributed by atoms with van der Waals surface area (Å²) in [6.07, 6.45) is -41.4. The lowest BCUT2D eigenvalue weighted by Gasteiger charge is -2.50. The van der Waals surface area contributed by atoms with Crippen LogP contribution in [0.2, 0.25) is 0 Å². The number of carbonyl (C=O) groups is 4. The summed E-state index contributed by atoms with van der Waals surface area (Å²) in [5.41, 5.74) is 0. The minimum absolute atomic E-state index is 0.0994. The van der Waals surface area contributed by atoms with Gasteiger partial charge in [-0.25, -0.2) is 4.79 Å². The average Bonchev–Trinajstić information content (AvgIpc) is 3.24. The standard InChI is InChI=1S/C39H63NO26/c1-8-9-55-38-33(29(60-16(7)44)20(46)12(3)56-38)66-35-18(40-14(5)42)28(21(47)17(10-41)61-35)62-37-26(52)24(50)30(32(65-37)34(53)54)63-39-31(22(48)19(45)11(2)57-39)64-36-25(51)23(49)27(13(4)58-36)59-15(6)43/h11-13,17-33,35-39,41,45-52H,8-10H2,1-7H3,(H,40,42)(H,53,54)/t11-,12?,13-,17?,18-,19-,20-,21-,22?,23?,24?,25?,26-,27-,28?,29?,30+,31?,32?,33-,35-,36-,37+,38+,39-/m0/s1. The third-order valence-corrected chi connectivity index (χ3v) is 11.6. The van der Waals surface area contributed by atoms with Crippen LogP contribution in [0, 0.1) is 0 Å². The number of hydrogen-bond acceptors (Lipinski definition) is 25. The Morgan fingerprint density at radius 3 is 1.59 bits per heavy atom. The van der Waals surface area contributed by atoms with Gasteiger partial charge in [0.15, 0.2) is 55.9 Å². The molecule has 0 saturated carbocycles. The number of carboxylic acid groups (broad SMARTS) is 1. The number of nitrogens with one attached hydrogen (secondary N) is 1. The predicted molar refractivity (Wildman–Crippen MR) is 208 cm³/mol. The first-order valence-electron chi connectivity index (χ1n) is 21.4. The van der Waals surface area contributed by atoms with Crippen LogP contribution in [0.15, 0.2) is 0 Å². The van der Waals surface area contributed by atoms with E-state index in [1.807, 2.05) is 0 Å². The highest BCUT2D eigenvalue weighted by molar-refractivity contribution is 5.74. The third-order valence-electron chi connectivity index (χ3n) is 11.6. The van der Waals surface area contributed by atoms with Gasteiger partial charge < -0.3 is 113 Å². The highest BCUT2D eigenvalue weighted by Gasteiger charge is 2.58. The van der Waals surface area contributed by atoms with E-state index in [0.29, 0.717) is 6.42 Å². The minimum atomic E-state index is -2.29. The Balaban J connectivity index is 1.40. The van der Waals surface area contributed by atoms with E-state index in [9.17, 15) is 70.2 Å². The molecule has 380 valence electrons. The van der Waals surface area contributed by atoms with Crippen molar-refractivity contribution in [3.63, 3.8) is 0 Å². The molecule has 10 unspecified atom stereocenters. The first kappa shape index (κ1) is 54.1. The Hall–Kier alpha value is -2.88. The zero-order chi connectivity index (χ0) is 49.1. The number of amides is 1. The Morgan fingerprint density at radius 1 is 0.515 bits per heavy atom. The summed E-state index contributed by atoms with van der Waals surface area (Å²) in [6, 6.07) is -1.65. The minimum Gasteiger partial charge on any atom is -0.479 e. The van der Waals surface area contributed by atoms with E-state index >= 15 is 0 Å². The van der Waals surface area contributed by atoms with E-state index in [1.165, 1.54) is 20.8 Å². The van der Waals surface area contributed by atoms with Crippen LogP contribution in [0.3, 0.4) is 0 Å². The number of aliphatic hydroxyl groups is 9. The number of aliphatic carboxylic acids is 1. The van der Waals surface area contributed by atoms with Crippen molar-refractivity contribution in [1.82, 2.24) is 5.32 Å². The molecule has 0 aromatic heterocycles. The second-order valence-corrected chi connectivity index (χ2v) is 16.7. The Morgan fingerprint density at radius 2 is 1.02 bits per heavy atom. The molecule has 66 heavy (non-hydrogen) atoms. The fraction of sp³-hybridized carbons (Fsp3) is 0.897. The van der Waals surface area contributed by atoms with Gasteiger partial charge in [-0.1, -0.05) is 6.92 Å². The zero-order valence-corrected chi connectivity index (χ0v) is 37.1. The molecule has 5 aliphatic heterocycles. The molecule has 5 rings (SSSR count). The van der Waals surface area contributed by atoms with Gasteiger partial charge in [0.2, 0.25) is 5.91 Å². The molecule has 5 fully saturated rings. The van der Waals surface area contributed by atoms with Crippen LogP contribution in [0.5, 0.6) is 0 Å². The van der Waals surface area contributed by atoms with Crippen molar-refractivity contribution in [1.29, 1.82) is 0 Å². The number of carbonyl (C=O) groups excluding carboxylic acids is 3. The normalized spacial score (nSPS) is 46.5. The second kappa shape index (κ2) is 23.2. The molecule has 0 aromatic rings. The van der Waals surface area contributed by atoms with Crippen LogP contribution in [0.4, 0.5) is 0 Å². The number of ether oxygens (including phenoxy) is 12. The monoisotopic (exact) mass is 961 g/mol. The molecule has 5 saturated heterocycles. The maximum absolute atomic E-state index is 12.8. The van der Waals surface area contributed by atoms with Crippen LogP contribution in [-0.2, 0) is 76.0 Å². The number of carboxylic acids is 1. The molecule has 5 aliphatic rings. The molecule has 0 radical (unpaired) electrons. The SMILES string of the molecule is CCCO[C@@H]1OC(C)[C@H](O)C(OC(C)=O)[C@@H]1O[C@@H]1OC(CO)[C@H](O)C(O[C@@H]2OC(C(=O)O)[C@H](O[C@@H]3O[C@@H](C)[C@H](O)C(O)C3O[C@@H]3O[C@@H](C)[C@H](OC(C)=O)C(O)C3O)C(O)[C@@H]2O)[C@@H]1NC(C)=O. The molecule has 0 spiro atoms. The lowest BCUT2D eigenvalue weighted by atomic mass is 9.94. The molecule has 0 aromatic carbocycles. The topological polar surface area (TPSA) is 393 Å². The summed E-state index contributed by atoms with van der Waals surface area (Å²) in [4.78, 5) is 49.3. The van der Waals surface area contributed by atoms with Crippen LogP contribution in [0.1, 0.15) is 54.9 Å². The van der Waals surface area contributed by atoms with E-state index in [1.54, 1.807) is 6.92 Å². The lowest BCUT2D eigenvalue weighted by Crippen LogP contribution is -2.70. The fourth-order valence-corrected chi connectivity index (χ4v) is 8.21. The van der Waals surface area contributed by atoms with Crippen LogP contribution >= 0.6 is 0 Å². The maximum Gasteiger partial charge on any atom is 0.335 e. The van der Waals surface area contributed by atoms with E-state index < -0.39 is 184 Å². The van der Waals surface area contributed by atoms with Crippen molar-refractivity contribution in [2.24, 2.45) is 0 Å². The molecular weight excluding hydrogens is 898 g/mol. The van der Waals surface area contributed by atoms with Crippen LogP contribution in [-0.4, -0.2) is 242 Å². The molecule has 0 bridgehead atoms. The average molecular weight is 962 g/mol. The summed E-state index contributed by atoms with van der Waals surface area (Å²) in [7, 11) is 0. The largest absolute Gasteiger partial charge is 0.479 e. The molecule has 5 heterocycles. The number of esters is 2. The maximum atomic E-state index is 12.8.